The molecule has 6 heteroatoms. The largest absolute Gasteiger partial charge is 0.394 e. The van der Waals surface area contributed by atoms with Crippen molar-refractivity contribution in [3.63, 3.8) is 0 Å². The molecule has 1 aromatic rings. The van der Waals surface area contributed by atoms with Gasteiger partial charge in [-0.15, -0.1) is 0 Å². The Labute approximate surface area is 119 Å². The Balaban J connectivity index is 2.05. The summed E-state index contributed by atoms with van der Waals surface area (Å²) in [6.45, 7) is 5.41. The number of aliphatic hydroxyl groups excluding tert-OH is 1. The van der Waals surface area contributed by atoms with E-state index in [-0.39, 0.29) is 13.2 Å². The van der Waals surface area contributed by atoms with E-state index in [9.17, 15) is 5.26 Å². The Kier molecular flexibility index (Phi) is 4.53. The maximum Gasteiger partial charge on any atom is 0.225 e. The van der Waals surface area contributed by atoms with Gasteiger partial charge in [0.05, 0.1) is 19.3 Å². The summed E-state index contributed by atoms with van der Waals surface area (Å²) in [5, 5.41) is 18.1. The number of ether oxygens (including phenoxy) is 1. The first-order valence-electron chi connectivity index (χ1n) is 6.82. The third-order valence-electron chi connectivity index (χ3n) is 3.50. The second-order valence-electron chi connectivity index (χ2n) is 5.12. The molecule has 1 N–H and O–H groups in total. The van der Waals surface area contributed by atoms with Gasteiger partial charge >= 0.3 is 0 Å². The summed E-state index contributed by atoms with van der Waals surface area (Å²) in [6, 6.07) is 4.19. The first-order chi connectivity index (χ1) is 9.58. The third kappa shape index (κ3) is 3.24. The fourth-order valence-corrected chi connectivity index (χ4v) is 2.45. The van der Waals surface area contributed by atoms with E-state index in [1.165, 1.54) is 0 Å². The van der Waals surface area contributed by atoms with Gasteiger partial charge in [0.1, 0.15) is 0 Å². The van der Waals surface area contributed by atoms with Gasteiger partial charge in [-0.2, -0.15) is 5.26 Å². The number of piperidine rings is 1. The Morgan fingerprint density at radius 3 is 2.45 bits per heavy atom. The fourth-order valence-electron chi connectivity index (χ4n) is 2.45. The molecule has 1 aromatic heterocycles. The predicted molar refractivity (Wildman–Crippen MR) is 74.3 cm³/mol. The Hall–Kier alpha value is -1.71. The highest BCUT2D eigenvalue weighted by atomic mass is 16.5. The van der Waals surface area contributed by atoms with Gasteiger partial charge in [0, 0.05) is 37.3 Å². The van der Waals surface area contributed by atoms with Crippen molar-refractivity contribution in [3.05, 3.63) is 17.5 Å². The molecule has 0 amide bonds. The molecule has 0 atom stereocenters. The Morgan fingerprint density at radius 2 is 1.95 bits per heavy atom. The summed E-state index contributed by atoms with van der Waals surface area (Å²) in [4.78, 5) is 11.0. The SMILES string of the molecule is Cc1cc(C)nc(N2CCC(C#N)(OCCO)CC2)n1. The van der Waals surface area contributed by atoms with Gasteiger partial charge in [0.15, 0.2) is 5.60 Å². The molecule has 108 valence electrons. The highest BCUT2D eigenvalue weighted by Crippen LogP contribution is 2.27. The Morgan fingerprint density at radius 1 is 1.35 bits per heavy atom. The van der Waals surface area contributed by atoms with Crippen LogP contribution in [-0.4, -0.2) is 47.0 Å². The molecular weight excluding hydrogens is 256 g/mol. The van der Waals surface area contributed by atoms with E-state index in [4.69, 9.17) is 9.84 Å². The van der Waals surface area contributed by atoms with Gasteiger partial charge in [0.2, 0.25) is 5.95 Å². The summed E-state index contributed by atoms with van der Waals surface area (Å²) < 4.78 is 5.52. The van der Waals surface area contributed by atoms with Crippen LogP contribution in [0.5, 0.6) is 0 Å². The lowest BCUT2D eigenvalue weighted by Gasteiger charge is -2.37. The normalized spacial score (nSPS) is 17.8. The number of aliphatic hydroxyl groups is 1. The van der Waals surface area contributed by atoms with E-state index >= 15 is 0 Å². The molecule has 1 aliphatic rings. The lowest BCUT2D eigenvalue weighted by Crippen LogP contribution is -2.46. The van der Waals surface area contributed by atoms with E-state index in [1.807, 2.05) is 19.9 Å². The molecule has 2 heterocycles. The third-order valence-corrected chi connectivity index (χ3v) is 3.50. The molecule has 6 nitrogen and oxygen atoms in total. The quantitative estimate of drug-likeness (QED) is 0.882. The Bertz CT molecular complexity index is 484. The highest BCUT2D eigenvalue weighted by Gasteiger charge is 2.36. The minimum atomic E-state index is -0.780. The average molecular weight is 276 g/mol. The molecule has 0 saturated carbocycles. The van der Waals surface area contributed by atoms with Crippen LogP contribution in [-0.2, 0) is 4.74 Å². The zero-order valence-corrected chi connectivity index (χ0v) is 12.0. The van der Waals surface area contributed by atoms with E-state index in [1.54, 1.807) is 0 Å². The summed E-state index contributed by atoms with van der Waals surface area (Å²) >= 11 is 0. The predicted octanol–water partition coefficient (Wildman–Crippen LogP) is 0.965. The first-order valence-corrected chi connectivity index (χ1v) is 6.82. The van der Waals surface area contributed by atoms with Crippen LogP contribution in [0.25, 0.3) is 0 Å². The number of hydrogen-bond donors (Lipinski definition) is 1. The number of hydrogen-bond acceptors (Lipinski definition) is 6. The molecule has 1 aliphatic heterocycles. The van der Waals surface area contributed by atoms with Crippen molar-refractivity contribution in [3.8, 4) is 6.07 Å². The highest BCUT2D eigenvalue weighted by molar-refractivity contribution is 5.34. The fraction of sp³-hybridized carbons (Fsp3) is 0.643. The topological polar surface area (TPSA) is 82.3 Å². The number of anilines is 1. The van der Waals surface area contributed by atoms with Crippen molar-refractivity contribution in [2.45, 2.75) is 32.3 Å². The number of rotatable bonds is 4. The minimum absolute atomic E-state index is 0.0622. The molecule has 1 fully saturated rings. The van der Waals surface area contributed by atoms with Crippen molar-refractivity contribution >= 4 is 5.95 Å². The van der Waals surface area contributed by atoms with Gasteiger partial charge in [-0.3, -0.25) is 0 Å². The van der Waals surface area contributed by atoms with Gasteiger partial charge in [-0.05, 0) is 19.9 Å². The molecule has 0 unspecified atom stereocenters. The zero-order chi connectivity index (χ0) is 14.6. The number of nitriles is 1. The van der Waals surface area contributed by atoms with Crippen LogP contribution in [0.1, 0.15) is 24.2 Å². The van der Waals surface area contributed by atoms with E-state index < -0.39 is 5.60 Å². The summed E-state index contributed by atoms with van der Waals surface area (Å²) in [7, 11) is 0. The van der Waals surface area contributed by atoms with Crippen LogP contribution in [0.4, 0.5) is 5.95 Å². The number of aromatic nitrogens is 2. The van der Waals surface area contributed by atoms with E-state index in [0.717, 1.165) is 17.3 Å². The smallest absolute Gasteiger partial charge is 0.225 e. The molecule has 2 rings (SSSR count). The standard InChI is InChI=1S/C14H20N4O2/c1-11-9-12(2)17-13(16-11)18-5-3-14(10-15,4-6-18)20-8-7-19/h9,19H,3-8H2,1-2H3. The van der Waals surface area contributed by atoms with Crippen molar-refractivity contribution < 1.29 is 9.84 Å². The summed E-state index contributed by atoms with van der Waals surface area (Å²) in [5.41, 5.74) is 1.11. The molecule has 20 heavy (non-hydrogen) atoms. The molecule has 0 aromatic carbocycles. The zero-order valence-electron chi connectivity index (χ0n) is 12.0. The molecular formula is C14H20N4O2. The van der Waals surface area contributed by atoms with Crippen LogP contribution in [0.2, 0.25) is 0 Å². The average Bonchev–Trinajstić information content (AvgIpc) is 2.44. The summed E-state index contributed by atoms with van der Waals surface area (Å²) in [5.74, 6) is 0.719. The number of nitrogens with zero attached hydrogens (tertiary/aromatic N) is 4. The van der Waals surface area contributed by atoms with Gasteiger partial charge in [0.25, 0.3) is 0 Å². The molecule has 0 bridgehead atoms. The van der Waals surface area contributed by atoms with Crippen LogP contribution in [0, 0.1) is 25.2 Å². The monoisotopic (exact) mass is 276 g/mol. The minimum Gasteiger partial charge on any atom is -0.394 e. The van der Waals surface area contributed by atoms with Crippen molar-refractivity contribution in [2.75, 3.05) is 31.2 Å². The van der Waals surface area contributed by atoms with Crippen molar-refractivity contribution in [1.82, 2.24) is 9.97 Å². The second-order valence-corrected chi connectivity index (χ2v) is 5.12. The van der Waals surface area contributed by atoms with Gasteiger partial charge < -0.3 is 14.7 Å². The van der Waals surface area contributed by atoms with Crippen LogP contribution < -0.4 is 4.90 Å². The molecule has 1 saturated heterocycles. The molecule has 0 radical (unpaired) electrons. The summed E-state index contributed by atoms with van der Waals surface area (Å²) in [6.07, 6.45) is 1.19. The van der Waals surface area contributed by atoms with Crippen molar-refractivity contribution in [2.24, 2.45) is 0 Å². The van der Waals surface area contributed by atoms with Crippen LogP contribution in [0.15, 0.2) is 6.07 Å². The maximum absolute atomic E-state index is 9.31. The second kappa shape index (κ2) is 6.16. The maximum atomic E-state index is 9.31. The molecule has 0 aliphatic carbocycles. The number of aryl methyl sites for hydroxylation is 2. The lowest BCUT2D eigenvalue weighted by atomic mass is 9.93. The van der Waals surface area contributed by atoms with E-state index in [0.29, 0.717) is 25.9 Å². The lowest BCUT2D eigenvalue weighted by molar-refractivity contribution is -0.0337. The van der Waals surface area contributed by atoms with Crippen molar-refractivity contribution in [1.29, 1.82) is 5.26 Å². The van der Waals surface area contributed by atoms with Crippen LogP contribution in [0.3, 0.4) is 0 Å². The van der Waals surface area contributed by atoms with Gasteiger partial charge in [-0.25, -0.2) is 9.97 Å². The van der Waals surface area contributed by atoms with Crippen LogP contribution >= 0.6 is 0 Å². The van der Waals surface area contributed by atoms with E-state index in [2.05, 4.69) is 20.9 Å². The molecule has 0 spiro atoms. The van der Waals surface area contributed by atoms with Gasteiger partial charge in [-0.1, -0.05) is 0 Å². The first kappa shape index (κ1) is 14.7.